The van der Waals surface area contributed by atoms with E-state index in [0.717, 1.165) is 37.3 Å². The molecule has 2 aliphatic heterocycles. The maximum Gasteiger partial charge on any atom is 0.273 e. The van der Waals surface area contributed by atoms with Crippen molar-refractivity contribution in [2.24, 2.45) is 5.10 Å². The van der Waals surface area contributed by atoms with Gasteiger partial charge in [-0.25, -0.2) is 9.99 Å². The van der Waals surface area contributed by atoms with E-state index >= 15 is 0 Å². The largest absolute Gasteiger partial charge is 0.297 e. The third-order valence-corrected chi connectivity index (χ3v) is 6.82. The molecule has 3 heterocycles. The lowest BCUT2D eigenvalue weighted by Gasteiger charge is -2.25. The minimum absolute atomic E-state index is 0.0707. The molecule has 0 bridgehead atoms. The smallest absolute Gasteiger partial charge is 0.273 e. The van der Waals surface area contributed by atoms with E-state index < -0.39 is 0 Å². The van der Waals surface area contributed by atoms with Crippen LogP contribution in [0.5, 0.6) is 0 Å². The summed E-state index contributed by atoms with van der Waals surface area (Å²) < 4.78 is 0. The number of benzene rings is 2. The Labute approximate surface area is 196 Å². The Morgan fingerprint density at radius 2 is 1.64 bits per heavy atom. The lowest BCUT2D eigenvalue weighted by molar-refractivity contribution is -0.132. The zero-order valence-corrected chi connectivity index (χ0v) is 19.1. The highest BCUT2D eigenvalue weighted by atomic mass is 32.1. The summed E-state index contributed by atoms with van der Waals surface area (Å²) in [5, 5.41) is 9.25. The Balaban J connectivity index is 1.23. The van der Waals surface area contributed by atoms with E-state index in [-0.39, 0.29) is 18.2 Å². The summed E-state index contributed by atoms with van der Waals surface area (Å²) in [7, 11) is 0. The average molecular weight is 460 g/mol. The molecule has 0 aliphatic carbocycles. The molecule has 0 saturated heterocycles. The number of carbonyl (C=O) groups is 2. The molecule has 0 fully saturated rings. The quantitative estimate of drug-likeness (QED) is 0.608. The van der Waals surface area contributed by atoms with Crippen molar-refractivity contribution in [3.63, 3.8) is 0 Å². The molecule has 2 aliphatic rings. The van der Waals surface area contributed by atoms with Crippen LogP contribution in [0.3, 0.4) is 0 Å². The monoisotopic (exact) mass is 459 g/mol. The first-order valence-electron chi connectivity index (χ1n) is 11.1. The molecule has 0 unspecified atom stereocenters. The van der Waals surface area contributed by atoms with Crippen molar-refractivity contribution in [3.8, 4) is 0 Å². The Hall–Kier alpha value is -3.36. The van der Waals surface area contributed by atoms with Crippen molar-refractivity contribution >= 4 is 34.0 Å². The molecule has 3 aromatic rings. The number of fused-ring (bicyclic) bond motifs is 1. The van der Waals surface area contributed by atoms with Crippen molar-refractivity contribution in [2.45, 2.75) is 38.9 Å². The van der Waals surface area contributed by atoms with E-state index in [0.29, 0.717) is 23.8 Å². The SMILES string of the molecule is O=C(Nc1nc2c(s1)CN(Cc1ccccc1)CC2)C1=NN(Cc2ccccc2)C(=O)CC1. The first-order valence-corrected chi connectivity index (χ1v) is 11.9. The fourth-order valence-corrected chi connectivity index (χ4v) is 5.14. The molecule has 0 saturated carbocycles. The van der Waals surface area contributed by atoms with Crippen LogP contribution in [0.2, 0.25) is 0 Å². The number of hydrazone groups is 1. The van der Waals surface area contributed by atoms with Gasteiger partial charge < -0.3 is 0 Å². The Morgan fingerprint density at radius 1 is 0.939 bits per heavy atom. The molecule has 8 heteroatoms. The van der Waals surface area contributed by atoms with Crippen LogP contribution in [0.25, 0.3) is 0 Å². The zero-order valence-electron chi connectivity index (χ0n) is 18.2. The van der Waals surface area contributed by atoms with E-state index in [1.807, 2.05) is 36.4 Å². The molecule has 0 atom stereocenters. The van der Waals surface area contributed by atoms with Gasteiger partial charge in [0.15, 0.2) is 5.13 Å². The van der Waals surface area contributed by atoms with Gasteiger partial charge in [-0.1, -0.05) is 60.7 Å². The number of hydrogen-bond acceptors (Lipinski definition) is 6. The number of nitrogens with one attached hydrogen (secondary N) is 1. The second kappa shape index (κ2) is 9.64. The van der Waals surface area contributed by atoms with E-state index in [1.54, 1.807) is 0 Å². The van der Waals surface area contributed by atoms with E-state index in [2.05, 4.69) is 44.6 Å². The van der Waals surface area contributed by atoms with Crippen molar-refractivity contribution in [3.05, 3.63) is 82.4 Å². The second-order valence-electron chi connectivity index (χ2n) is 8.27. The molecule has 0 radical (unpaired) electrons. The highest BCUT2D eigenvalue weighted by molar-refractivity contribution is 7.16. The third kappa shape index (κ3) is 5.18. The van der Waals surface area contributed by atoms with Gasteiger partial charge in [0.2, 0.25) is 5.91 Å². The average Bonchev–Trinajstić information content (AvgIpc) is 3.23. The molecule has 1 aromatic heterocycles. The predicted molar refractivity (Wildman–Crippen MR) is 129 cm³/mol. The predicted octanol–water partition coefficient (Wildman–Crippen LogP) is 3.82. The summed E-state index contributed by atoms with van der Waals surface area (Å²) in [6.45, 7) is 3.04. The first kappa shape index (κ1) is 21.5. The Bertz CT molecular complexity index is 1180. The lowest BCUT2D eigenvalue weighted by Crippen LogP contribution is -2.36. The summed E-state index contributed by atoms with van der Waals surface area (Å²) in [5.41, 5.74) is 3.70. The van der Waals surface area contributed by atoms with Crippen LogP contribution in [0.4, 0.5) is 5.13 Å². The van der Waals surface area contributed by atoms with Crippen molar-refractivity contribution in [1.29, 1.82) is 0 Å². The van der Waals surface area contributed by atoms with Crippen molar-refractivity contribution < 1.29 is 9.59 Å². The molecule has 5 rings (SSSR count). The molecule has 1 N–H and O–H groups in total. The summed E-state index contributed by atoms with van der Waals surface area (Å²) >= 11 is 1.53. The highest BCUT2D eigenvalue weighted by Gasteiger charge is 2.26. The van der Waals surface area contributed by atoms with Gasteiger partial charge in [-0.3, -0.25) is 19.8 Å². The summed E-state index contributed by atoms with van der Waals surface area (Å²) in [4.78, 5) is 33.4. The fraction of sp³-hybridized carbons (Fsp3) is 0.280. The molecular weight excluding hydrogens is 434 g/mol. The molecule has 7 nitrogen and oxygen atoms in total. The van der Waals surface area contributed by atoms with E-state index in [4.69, 9.17) is 0 Å². The van der Waals surface area contributed by atoms with Gasteiger partial charge in [0, 0.05) is 43.8 Å². The van der Waals surface area contributed by atoms with Crippen LogP contribution in [-0.2, 0) is 35.6 Å². The van der Waals surface area contributed by atoms with Gasteiger partial charge in [0.1, 0.15) is 5.71 Å². The number of carbonyl (C=O) groups excluding carboxylic acids is 2. The summed E-state index contributed by atoms with van der Waals surface area (Å²) in [6.07, 6.45) is 1.49. The van der Waals surface area contributed by atoms with Crippen molar-refractivity contribution in [1.82, 2.24) is 14.9 Å². The third-order valence-electron chi connectivity index (χ3n) is 5.82. The standard InChI is InChI=1S/C25H25N5O2S/c31-23-12-11-21(28-30(23)16-19-9-5-2-6-10-19)24(32)27-25-26-20-13-14-29(17-22(20)33-25)15-18-7-3-1-4-8-18/h1-10H,11-17H2,(H,26,27,32). The fourth-order valence-electron chi connectivity index (χ4n) is 4.09. The number of amides is 2. The summed E-state index contributed by atoms with van der Waals surface area (Å²) in [5.74, 6) is -0.355. The maximum atomic E-state index is 12.9. The molecule has 2 aromatic carbocycles. The topological polar surface area (TPSA) is 77.9 Å². The number of aromatic nitrogens is 1. The van der Waals surface area contributed by atoms with Gasteiger partial charge in [0.25, 0.3) is 5.91 Å². The number of nitrogens with zero attached hydrogens (tertiary/aromatic N) is 4. The molecule has 2 amide bonds. The highest BCUT2D eigenvalue weighted by Crippen LogP contribution is 2.29. The van der Waals surface area contributed by atoms with Gasteiger partial charge in [-0.05, 0) is 11.1 Å². The Kier molecular flexibility index (Phi) is 6.28. The van der Waals surface area contributed by atoms with Gasteiger partial charge in [-0.2, -0.15) is 5.10 Å². The lowest BCUT2D eigenvalue weighted by atomic mass is 10.1. The second-order valence-corrected chi connectivity index (χ2v) is 9.36. The van der Waals surface area contributed by atoms with Crippen LogP contribution >= 0.6 is 11.3 Å². The van der Waals surface area contributed by atoms with Crippen LogP contribution in [-0.4, -0.2) is 39.0 Å². The Morgan fingerprint density at radius 3 is 2.36 bits per heavy atom. The van der Waals surface area contributed by atoms with Gasteiger partial charge >= 0.3 is 0 Å². The molecule has 0 spiro atoms. The molecular formula is C25H25N5O2S. The minimum Gasteiger partial charge on any atom is -0.297 e. The number of anilines is 1. The normalized spacial score (nSPS) is 16.3. The molecule has 33 heavy (non-hydrogen) atoms. The maximum absolute atomic E-state index is 12.9. The van der Waals surface area contributed by atoms with Crippen LogP contribution < -0.4 is 5.32 Å². The van der Waals surface area contributed by atoms with Crippen LogP contribution in [0, 0.1) is 0 Å². The van der Waals surface area contributed by atoms with E-state index in [9.17, 15) is 9.59 Å². The summed E-state index contributed by atoms with van der Waals surface area (Å²) in [6, 6.07) is 20.1. The van der Waals surface area contributed by atoms with Crippen LogP contribution in [0.1, 0.15) is 34.5 Å². The van der Waals surface area contributed by atoms with Crippen molar-refractivity contribution in [2.75, 3.05) is 11.9 Å². The van der Waals surface area contributed by atoms with Gasteiger partial charge in [-0.15, -0.1) is 11.3 Å². The van der Waals surface area contributed by atoms with Gasteiger partial charge in [0.05, 0.1) is 12.2 Å². The minimum atomic E-state index is -0.284. The first-order chi connectivity index (χ1) is 16.1. The van der Waals surface area contributed by atoms with E-state index in [1.165, 1.54) is 26.8 Å². The number of hydrogen-bond donors (Lipinski definition) is 1. The number of rotatable bonds is 6. The zero-order chi connectivity index (χ0) is 22.6. The van der Waals surface area contributed by atoms with Crippen LogP contribution in [0.15, 0.2) is 65.8 Å². The molecule has 168 valence electrons. The number of thiazole rings is 1.